The molecule has 0 bridgehead atoms. The third kappa shape index (κ3) is 5.67. The number of nitrogens with zero attached hydrogens (tertiary/aromatic N) is 1. The first-order valence-corrected chi connectivity index (χ1v) is 12.9. The fourth-order valence-corrected chi connectivity index (χ4v) is 5.13. The fraction of sp³-hybridized carbons (Fsp3) is 0.161. The van der Waals surface area contributed by atoms with Crippen molar-refractivity contribution in [3.63, 3.8) is 0 Å². The van der Waals surface area contributed by atoms with Gasteiger partial charge < -0.3 is 20.7 Å². The molecule has 42 heavy (non-hydrogen) atoms. The van der Waals surface area contributed by atoms with Gasteiger partial charge >= 0.3 is 6.36 Å². The summed E-state index contributed by atoms with van der Waals surface area (Å²) in [6.45, 7) is 0.418. The predicted octanol–water partition coefficient (Wildman–Crippen LogP) is 4.38. The van der Waals surface area contributed by atoms with Gasteiger partial charge in [0.2, 0.25) is 11.7 Å². The molecule has 1 aliphatic carbocycles. The Kier molecular flexibility index (Phi) is 7.42. The van der Waals surface area contributed by atoms with Crippen molar-refractivity contribution in [1.82, 2.24) is 0 Å². The zero-order valence-electron chi connectivity index (χ0n) is 21.9. The Morgan fingerprint density at radius 2 is 1.52 bits per heavy atom. The minimum atomic E-state index is -4.75. The quantitative estimate of drug-likeness (QED) is 0.235. The number of hydrogen-bond donors (Lipinski definition) is 3. The number of benzene rings is 3. The highest BCUT2D eigenvalue weighted by Gasteiger charge is 2.37. The standard InChI is InChI=1S/C31H23F3N2O6/c32-31(33,34)42-19-9-7-18(8-10-19)16-36-13-11-17(12-14-36)3-1-4-20-22(30(35)41)15-24(38)27-26(20)28(39)21-5-2-6-23(37)25(21)29(27)40/h2,5-15H,1,3-4,16H2,(H3-,35,37,38,40,41)/p+1. The van der Waals surface area contributed by atoms with Crippen LogP contribution in [0.1, 0.15) is 65.3 Å². The first kappa shape index (κ1) is 28.3. The molecule has 214 valence electrons. The van der Waals surface area contributed by atoms with E-state index in [9.17, 15) is 37.8 Å². The van der Waals surface area contributed by atoms with E-state index in [0.29, 0.717) is 19.4 Å². The van der Waals surface area contributed by atoms with Crippen LogP contribution in [0.2, 0.25) is 0 Å². The molecule has 0 radical (unpaired) electrons. The number of aromatic nitrogens is 1. The van der Waals surface area contributed by atoms with E-state index in [0.717, 1.165) is 17.2 Å². The van der Waals surface area contributed by atoms with E-state index in [2.05, 4.69) is 4.74 Å². The van der Waals surface area contributed by atoms with Gasteiger partial charge in [0.1, 0.15) is 17.2 Å². The molecule has 4 aromatic rings. The summed E-state index contributed by atoms with van der Waals surface area (Å²) in [5, 5.41) is 20.8. The maximum Gasteiger partial charge on any atom is 0.573 e. The second-order valence-corrected chi connectivity index (χ2v) is 9.82. The van der Waals surface area contributed by atoms with Crippen molar-refractivity contribution in [1.29, 1.82) is 0 Å². The molecule has 0 fully saturated rings. The number of nitrogens with two attached hydrogens (primary N) is 1. The number of phenolic OH excluding ortho intramolecular Hbond substituents is 2. The monoisotopic (exact) mass is 577 g/mol. The Labute approximate surface area is 237 Å². The first-order valence-electron chi connectivity index (χ1n) is 12.9. The molecule has 0 atom stereocenters. The van der Waals surface area contributed by atoms with Crippen LogP contribution in [-0.4, -0.2) is 34.0 Å². The average molecular weight is 578 g/mol. The van der Waals surface area contributed by atoms with Crippen molar-refractivity contribution in [3.8, 4) is 17.2 Å². The summed E-state index contributed by atoms with van der Waals surface area (Å²) in [5.74, 6) is -3.42. The predicted molar refractivity (Wildman–Crippen MR) is 142 cm³/mol. The maximum atomic E-state index is 13.5. The molecule has 5 rings (SSSR count). The number of ether oxygens (including phenoxy) is 1. The van der Waals surface area contributed by atoms with Gasteiger partial charge in [-0.15, -0.1) is 13.2 Å². The van der Waals surface area contributed by atoms with Gasteiger partial charge in [-0.3, -0.25) is 14.4 Å². The largest absolute Gasteiger partial charge is 0.573 e. The topological polar surface area (TPSA) is 131 Å². The van der Waals surface area contributed by atoms with Crippen molar-refractivity contribution in [2.24, 2.45) is 5.73 Å². The number of carbonyl (C=O) groups excluding carboxylic acids is 3. The van der Waals surface area contributed by atoms with Gasteiger partial charge in [-0.05, 0) is 66.8 Å². The zero-order chi connectivity index (χ0) is 30.2. The van der Waals surface area contributed by atoms with Gasteiger partial charge in [0, 0.05) is 34.4 Å². The highest BCUT2D eigenvalue weighted by Crippen LogP contribution is 2.39. The van der Waals surface area contributed by atoms with Gasteiger partial charge in [-0.25, -0.2) is 4.57 Å². The number of halogens is 3. The van der Waals surface area contributed by atoms with Crippen molar-refractivity contribution in [3.05, 3.63) is 118 Å². The summed E-state index contributed by atoms with van der Waals surface area (Å²) < 4.78 is 42.8. The molecule has 0 saturated heterocycles. The van der Waals surface area contributed by atoms with Crippen LogP contribution in [0.25, 0.3) is 0 Å². The van der Waals surface area contributed by atoms with Crippen LogP contribution in [0.4, 0.5) is 13.2 Å². The molecule has 8 nitrogen and oxygen atoms in total. The molecule has 1 heterocycles. The molecule has 0 aliphatic heterocycles. The Balaban J connectivity index is 1.32. The van der Waals surface area contributed by atoms with Crippen LogP contribution >= 0.6 is 0 Å². The molecule has 0 saturated carbocycles. The number of phenols is 2. The second kappa shape index (κ2) is 11.0. The Morgan fingerprint density at radius 3 is 2.17 bits per heavy atom. The van der Waals surface area contributed by atoms with Crippen molar-refractivity contribution in [2.75, 3.05) is 0 Å². The first-order chi connectivity index (χ1) is 19.9. The molecule has 1 aliphatic rings. The molecule has 3 aromatic carbocycles. The molecule has 1 aromatic heterocycles. The number of primary amides is 1. The molecule has 4 N–H and O–H groups in total. The number of alkyl halides is 3. The maximum absolute atomic E-state index is 13.5. The van der Waals surface area contributed by atoms with Crippen LogP contribution in [0.15, 0.2) is 73.1 Å². The number of carbonyl (C=O) groups is 3. The second-order valence-electron chi connectivity index (χ2n) is 9.82. The van der Waals surface area contributed by atoms with E-state index in [1.54, 1.807) is 12.1 Å². The number of pyridine rings is 1. The SMILES string of the molecule is NC(=O)c1cc(O)c2c(c1CCCc1cc[n+](Cc3ccc(OC(F)(F)F)cc3)cc1)C(=O)c1cccc(O)c1C2=O. The van der Waals surface area contributed by atoms with Crippen LogP contribution in [0.5, 0.6) is 17.2 Å². The van der Waals surface area contributed by atoms with Crippen LogP contribution in [-0.2, 0) is 19.4 Å². The Bertz CT molecular complexity index is 1720. The summed E-state index contributed by atoms with van der Waals surface area (Å²) in [7, 11) is 0. The van der Waals surface area contributed by atoms with E-state index < -0.39 is 29.6 Å². The lowest BCUT2D eigenvalue weighted by molar-refractivity contribution is -0.688. The van der Waals surface area contributed by atoms with Gasteiger partial charge in [0.15, 0.2) is 24.7 Å². The van der Waals surface area contributed by atoms with Crippen molar-refractivity contribution >= 4 is 17.5 Å². The molecule has 11 heteroatoms. The Morgan fingerprint density at radius 1 is 0.833 bits per heavy atom. The van der Waals surface area contributed by atoms with Gasteiger partial charge in [-0.1, -0.05) is 12.1 Å². The number of aromatic hydroxyl groups is 2. The van der Waals surface area contributed by atoms with Crippen molar-refractivity contribution in [2.45, 2.75) is 32.2 Å². The fourth-order valence-electron chi connectivity index (χ4n) is 5.13. The lowest BCUT2D eigenvalue weighted by atomic mass is 9.78. The average Bonchev–Trinajstić information content (AvgIpc) is 2.93. The minimum Gasteiger partial charge on any atom is -0.507 e. The minimum absolute atomic E-state index is 0.0232. The number of hydrogen-bond acceptors (Lipinski definition) is 6. The zero-order valence-corrected chi connectivity index (χ0v) is 21.9. The highest BCUT2D eigenvalue weighted by atomic mass is 19.4. The van der Waals surface area contributed by atoms with E-state index in [4.69, 9.17) is 5.73 Å². The summed E-state index contributed by atoms with van der Waals surface area (Å²) >= 11 is 0. The lowest BCUT2D eigenvalue weighted by Gasteiger charge is -2.23. The van der Waals surface area contributed by atoms with Crippen LogP contribution in [0, 0.1) is 0 Å². The molecular weight excluding hydrogens is 553 g/mol. The number of aryl methyl sites for hydroxylation is 1. The third-order valence-corrected chi connectivity index (χ3v) is 7.02. The van der Waals surface area contributed by atoms with Gasteiger partial charge in [0.05, 0.1) is 11.1 Å². The Hall–Kier alpha value is -5.19. The third-order valence-electron chi connectivity index (χ3n) is 7.02. The van der Waals surface area contributed by atoms with E-state index in [1.807, 2.05) is 29.1 Å². The van der Waals surface area contributed by atoms with Crippen LogP contribution < -0.4 is 15.0 Å². The highest BCUT2D eigenvalue weighted by molar-refractivity contribution is 6.31. The summed E-state index contributed by atoms with van der Waals surface area (Å²) in [6, 6.07) is 14.5. The van der Waals surface area contributed by atoms with E-state index >= 15 is 0 Å². The van der Waals surface area contributed by atoms with Crippen LogP contribution in [0.3, 0.4) is 0 Å². The van der Waals surface area contributed by atoms with E-state index in [-0.39, 0.29) is 51.3 Å². The van der Waals surface area contributed by atoms with E-state index in [1.165, 1.54) is 30.3 Å². The summed E-state index contributed by atoms with van der Waals surface area (Å²) in [6.07, 6.45) is 0.0949. The molecular formula is C31H24F3N2O6+. The van der Waals surface area contributed by atoms with Gasteiger partial charge in [-0.2, -0.15) is 0 Å². The number of rotatable bonds is 8. The number of fused-ring (bicyclic) bond motifs is 2. The van der Waals surface area contributed by atoms with Crippen molar-refractivity contribution < 1.29 is 47.1 Å². The summed E-state index contributed by atoms with van der Waals surface area (Å²) in [5.41, 5.74) is 6.88. The summed E-state index contributed by atoms with van der Waals surface area (Å²) in [4.78, 5) is 38.9. The smallest absolute Gasteiger partial charge is 0.507 e. The molecule has 0 spiro atoms. The van der Waals surface area contributed by atoms with Gasteiger partial charge in [0.25, 0.3) is 0 Å². The number of ketones is 2. The number of amides is 1. The lowest BCUT2D eigenvalue weighted by Crippen LogP contribution is -2.33. The molecule has 0 unspecified atom stereocenters. The molecule has 1 amide bonds. The normalized spacial score (nSPS) is 12.5.